The van der Waals surface area contributed by atoms with Gasteiger partial charge in [-0.25, -0.2) is 8.42 Å². The molecule has 1 fully saturated rings. The Labute approximate surface area is 91.9 Å². The van der Waals surface area contributed by atoms with Crippen LogP contribution in [0.2, 0.25) is 0 Å². The fourth-order valence-corrected chi connectivity index (χ4v) is 3.67. The van der Waals surface area contributed by atoms with E-state index in [1.165, 1.54) is 11.2 Å². The minimum Gasteiger partial charge on any atom is -0.211 e. The normalized spacial score (nSPS) is 25.4. The van der Waals surface area contributed by atoms with Crippen molar-refractivity contribution >= 4 is 10.0 Å². The molecule has 1 saturated heterocycles. The van der Waals surface area contributed by atoms with Crippen LogP contribution in [0.25, 0.3) is 0 Å². The van der Waals surface area contributed by atoms with E-state index < -0.39 is 15.3 Å². The molecule has 1 rings (SSSR count). The largest absolute Gasteiger partial charge is 0.230 e. The number of nitriles is 1. The molecule has 0 spiro atoms. The molecule has 0 aromatic heterocycles. The average Bonchev–Trinajstić information content (AvgIpc) is 2.65. The molecule has 15 heavy (non-hydrogen) atoms. The van der Waals surface area contributed by atoms with E-state index >= 15 is 0 Å². The van der Waals surface area contributed by atoms with E-state index in [1.807, 2.05) is 19.9 Å². The predicted octanol–water partition coefficient (Wildman–Crippen LogP) is 1.35. The van der Waals surface area contributed by atoms with Gasteiger partial charge in [0.2, 0.25) is 10.0 Å². The second-order valence-corrected chi connectivity index (χ2v) is 6.59. The standard InChI is InChI=1S/C10H18N2O2S/c1-8(2)10-5-4-6-12(10)15(13,14)9(3)7-11/h8-10H,4-6H2,1-3H3. The molecule has 0 bridgehead atoms. The summed E-state index contributed by atoms with van der Waals surface area (Å²) in [6.07, 6.45) is 1.81. The van der Waals surface area contributed by atoms with Crippen LogP contribution in [0.3, 0.4) is 0 Å². The Morgan fingerprint density at radius 3 is 2.47 bits per heavy atom. The average molecular weight is 230 g/mol. The summed E-state index contributed by atoms with van der Waals surface area (Å²) in [5.74, 6) is 0.313. The van der Waals surface area contributed by atoms with Gasteiger partial charge in [-0.15, -0.1) is 0 Å². The highest BCUT2D eigenvalue weighted by atomic mass is 32.2. The summed E-state index contributed by atoms with van der Waals surface area (Å²) < 4.78 is 25.5. The molecular weight excluding hydrogens is 212 g/mol. The summed E-state index contributed by atoms with van der Waals surface area (Å²) in [6, 6.07) is 1.89. The summed E-state index contributed by atoms with van der Waals surface area (Å²) in [6.45, 7) is 6.06. The quantitative estimate of drug-likeness (QED) is 0.735. The highest BCUT2D eigenvalue weighted by Gasteiger charge is 2.38. The molecule has 2 unspecified atom stereocenters. The van der Waals surface area contributed by atoms with Crippen molar-refractivity contribution in [2.24, 2.45) is 5.92 Å². The van der Waals surface area contributed by atoms with Gasteiger partial charge in [-0.3, -0.25) is 0 Å². The summed E-state index contributed by atoms with van der Waals surface area (Å²) in [4.78, 5) is 0. The molecule has 0 N–H and O–H groups in total. The predicted molar refractivity (Wildman–Crippen MR) is 58.6 cm³/mol. The SMILES string of the molecule is CC(C)C1CCCN1S(=O)(=O)C(C)C#N. The van der Waals surface area contributed by atoms with Crippen LogP contribution in [0.5, 0.6) is 0 Å². The minimum absolute atomic E-state index is 0.0748. The van der Waals surface area contributed by atoms with E-state index in [0.717, 1.165) is 12.8 Å². The van der Waals surface area contributed by atoms with Crippen LogP contribution in [0.1, 0.15) is 33.6 Å². The van der Waals surface area contributed by atoms with Crippen molar-refractivity contribution in [3.05, 3.63) is 0 Å². The molecule has 0 aliphatic carbocycles. The molecule has 1 aliphatic rings. The zero-order chi connectivity index (χ0) is 11.6. The van der Waals surface area contributed by atoms with Crippen molar-refractivity contribution in [1.29, 1.82) is 5.26 Å². The van der Waals surface area contributed by atoms with Crippen molar-refractivity contribution in [3.63, 3.8) is 0 Å². The van der Waals surface area contributed by atoms with E-state index in [1.54, 1.807) is 0 Å². The lowest BCUT2D eigenvalue weighted by Crippen LogP contribution is -2.42. The van der Waals surface area contributed by atoms with Gasteiger partial charge in [-0.2, -0.15) is 9.57 Å². The number of rotatable bonds is 3. The second-order valence-electron chi connectivity index (χ2n) is 4.38. The molecule has 86 valence electrons. The van der Waals surface area contributed by atoms with Gasteiger partial charge < -0.3 is 0 Å². The van der Waals surface area contributed by atoms with Crippen LogP contribution in [-0.2, 0) is 10.0 Å². The molecule has 2 atom stereocenters. The fourth-order valence-electron chi connectivity index (χ4n) is 2.02. The summed E-state index contributed by atoms with van der Waals surface area (Å²) in [5, 5.41) is 7.77. The first-order chi connectivity index (χ1) is 6.91. The van der Waals surface area contributed by atoms with Crippen LogP contribution in [-0.4, -0.2) is 30.6 Å². The van der Waals surface area contributed by atoms with E-state index in [9.17, 15) is 8.42 Å². The maximum absolute atomic E-state index is 12.0. The van der Waals surface area contributed by atoms with E-state index in [2.05, 4.69) is 0 Å². The Balaban J connectivity index is 2.93. The molecule has 0 saturated carbocycles. The Kier molecular flexibility index (Phi) is 3.74. The van der Waals surface area contributed by atoms with E-state index in [0.29, 0.717) is 12.5 Å². The third kappa shape index (κ3) is 2.32. The molecule has 0 aromatic rings. The molecule has 0 amide bonds. The van der Waals surface area contributed by atoms with Crippen molar-refractivity contribution in [1.82, 2.24) is 4.31 Å². The molecular formula is C10H18N2O2S. The fraction of sp³-hybridized carbons (Fsp3) is 0.900. The van der Waals surface area contributed by atoms with Crippen molar-refractivity contribution in [2.45, 2.75) is 44.9 Å². The first kappa shape index (κ1) is 12.5. The smallest absolute Gasteiger partial charge is 0.211 e. The van der Waals surface area contributed by atoms with Crippen molar-refractivity contribution in [2.75, 3.05) is 6.54 Å². The van der Waals surface area contributed by atoms with Gasteiger partial charge >= 0.3 is 0 Å². The number of hydrogen-bond donors (Lipinski definition) is 0. The Bertz CT molecular complexity index is 356. The molecule has 4 nitrogen and oxygen atoms in total. The van der Waals surface area contributed by atoms with Crippen molar-refractivity contribution < 1.29 is 8.42 Å². The maximum atomic E-state index is 12.0. The highest BCUT2D eigenvalue weighted by Crippen LogP contribution is 2.28. The lowest BCUT2D eigenvalue weighted by Gasteiger charge is -2.27. The first-order valence-corrected chi connectivity index (χ1v) is 6.82. The van der Waals surface area contributed by atoms with Gasteiger partial charge in [-0.05, 0) is 25.7 Å². The van der Waals surface area contributed by atoms with Gasteiger partial charge in [0.25, 0.3) is 0 Å². The number of nitrogens with zero attached hydrogens (tertiary/aromatic N) is 2. The summed E-state index contributed by atoms with van der Waals surface area (Å²) in [5.41, 5.74) is 0. The number of sulfonamides is 1. The van der Waals surface area contributed by atoms with Crippen LogP contribution in [0.4, 0.5) is 0 Å². The Morgan fingerprint density at radius 1 is 1.40 bits per heavy atom. The van der Waals surface area contributed by atoms with Gasteiger partial charge in [0, 0.05) is 12.6 Å². The molecule has 1 aliphatic heterocycles. The third-order valence-corrected chi connectivity index (χ3v) is 5.08. The topological polar surface area (TPSA) is 61.2 Å². The van der Waals surface area contributed by atoms with E-state index in [-0.39, 0.29) is 6.04 Å². The maximum Gasteiger partial charge on any atom is 0.230 e. The lowest BCUT2D eigenvalue weighted by molar-refractivity contribution is 0.314. The Hall–Kier alpha value is -0.600. The van der Waals surface area contributed by atoms with Gasteiger partial charge in [0.1, 0.15) is 0 Å². The van der Waals surface area contributed by atoms with Crippen LogP contribution >= 0.6 is 0 Å². The number of hydrogen-bond acceptors (Lipinski definition) is 3. The van der Waals surface area contributed by atoms with Gasteiger partial charge in [-0.1, -0.05) is 13.8 Å². The van der Waals surface area contributed by atoms with E-state index in [4.69, 9.17) is 5.26 Å². The van der Waals surface area contributed by atoms with Gasteiger partial charge in [0.15, 0.2) is 5.25 Å². The van der Waals surface area contributed by atoms with Crippen LogP contribution < -0.4 is 0 Å². The highest BCUT2D eigenvalue weighted by molar-refractivity contribution is 7.90. The second kappa shape index (κ2) is 4.50. The van der Waals surface area contributed by atoms with Crippen LogP contribution in [0, 0.1) is 17.2 Å². The first-order valence-electron chi connectivity index (χ1n) is 5.31. The minimum atomic E-state index is -3.41. The molecule has 5 heteroatoms. The molecule has 0 radical (unpaired) electrons. The lowest BCUT2D eigenvalue weighted by atomic mass is 10.0. The third-order valence-electron chi connectivity index (χ3n) is 2.97. The van der Waals surface area contributed by atoms with Crippen molar-refractivity contribution in [3.8, 4) is 6.07 Å². The Morgan fingerprint density at radius 2 is 2.00 bits per heavy atom. The van der Waals surface area contributed by atoms with Gasteiger partial charge in [0.05, 0.1) is 6.07 Å². The van der Waals surface area contributed by atoms with Crippen LogP contribution in [0.15, 0.2) is 0 Å². The summed E-state index contributed by atoms with van der Waals surface area (Å²) in [7, 11) is -3.41. The molecule has 0 aromatic carbocycles. The zero-order valence-corrected chi connectivity index (χ0v) is 10.3. The monoisotopic (exact) mass is 230 g/mol. The zero-order valence-electron chi connectivity index (χ0n) is 9.47. The summed E-state index contributed by atoms with van der Waals surface area (Å²) >= 11 is 0. The molecule has 1 heterocycles.